The number of morpholine rings is 1. The molecule has 0 spiro atoms. The first-order chi connectivity index (χ1) is 12.2. The van der Waals surface area contributed by atoms with Crippen LogP contribution in [0.25, 0.3) is 0 Å². The van der Waals surface area contributed by atoms with Crippen molar-refractivity contribution in [2.45, 2.75) is 19.3 Å². The van der Waals surface area contributed by atoms with Crippen LogP contribution < -0.4 is 4.74 Å². The molecule has 3 rings (SSSR count). The van der Waals surface area contributed by atoms with E-state index in [0.717, 1.165) is 24.2 Å². The van der Waals surface area contributed by atoms with Gasteiger partial charge in [-0.3, -0.25) is 9.59 Å². The van der Waals surface area contributed by atoms with E-state index in [4.69, 9.17) is 9.47 Å². The Balaban J connectivity index is 1.49. The minimum atomic E-state index is 0.0407. The van der Waals surface area contributed by atoms with E-state index < -0.39 is 0 Å². The first kappa shape index (κ1) is 17.7. The number of methoxy groups -OCH3 is 1. The van der Waals surface area contributed by atoms with Gasteiger partial charge < -0.3 is 19.3 Å². The standard InChI is InChI=1S/C19H26N2O4/c1-24-17-4-2-3-15(13-17)14-18(22)20-7-5-16(6-8-20)19(23)21-9-11-25-12-10-21/h2-4,13,16H,5-12,14H2,1H3. The van der Waals surface area contributed by atoms with Crippen LogP contribution in [-0.2, 0) is 20.7 Å². The van der Waals surface area contributed by atoms with Gasteiger partial charge in [-0.05, 0) is 30.5 Å². The third kappa shape index (κ3) is 4.51. The number of likely N-dealkylation sites (tertiary alicyclic amines) is 1. The molecule has 0 bridgehead atoms. The van der Waals surface area contributed by atoms with Crippen molar-refractivity contribution < 1.29 is 19.1 Å². The second kappa shape index (κ2) is 8.34. The van der Waals surface area contributed by atoms with Crippen LogP contribution in [-0.4, -0.2) is 68.1 Å². The topological polar surface area (TPSA) is 59.1 Å². The quantitative estimate of drug-likeness (QED) is 0.825. The number of carbonyl (C=O) groups is 2. The Morgan fingerprint density at radius 2 is 1.84 bits per heavy atom. The summed E-state index contributed by atoms with van der Waals surface area (Å²) in [6, 6.07) is 7.60. The fourth-order valence-corrected chi connectivity index (χ4v) is 3.49. The molecule has 2 fully saturated rings. The van der Waals surface area contributed by atoms with Crippen molar-refractivity contribution >= 4 is 11.8 Å². The fraction of sp³-hybridized carbons (Fsp3) is 0.579. The highest BCUT2D eigenvalue weighted by Crippen LogP contribution is 2.21. The van der Waals surface area contributed by atoms with Crippen molar-refractivity contribution in [1.29, 1.82) is 0 Å². The van der Waals surface area contributed by atoms with E-state index in [1.807, 2.05) is 34.1 Å². The Morgan fingerprint density at radius 3 is 2.52 bits per heavy atom. The number of hydrogen-bond acceptors (Lipinski definition) is 4. The summed E-state index contributed by atoms with van der Waals surface area (Å²) in [5.74, 6) is 1.15. The van der Waals surface area contributed by atoms with E-state index in [0.29, 0.717) is 45.8 Å². The van der Waals surface area contributed by atoms with E-state index in [1.54, 1.807) is 7.11 Å². The SMILES string of the molecule is COc1cccc(CC(=O)N2CCC(C(=O)N3CCOCC3)CC2)c1. The van der Waals surface area contributed by atoms with Crippen LogP contribution in [0.4, 0.5) is 0 Å². The van der Waals surface area contributed by atoms with Gasteiger partial charge in [0.2, 0.25) is 11.8 Å². The normalized spacial score (nSPS) is 18.9. The number of nitrogens with zero attached hydrogens (tertiary/aromatic N) is 2. The van der Waals surface area contributed by atoms with Crippen molar-refractivity contribution in [3.05, 3.63) is 29.8 Å². The van der Waals surface area contributed by atoms with Crippen molar-refractivity contribution in [1.82, 2.24) is 9.80 Å². The molecule has 0 saturated carbocycles. The molecule has 1 aromatic rings. The molecule has 0 N–H and O–H groups in total. The predicted octanol–water partition coefficient (Wildman–Crippen LogP) is 1.34. The van der Waals surface area contributed by atoms with Gasteiger partial charge in [0.15, 0.2) is 0 Å². The molecular formula is C19H26N2O4. The van der Waals surface area contributed by atoms with Gasteiger partial charge in [-0.1, -0.05) is 12.1 Å². The summed E-state index contributed by atoms with van der Waals surface area (Å²) in [4.78, 5) is 28.8. The second-order valence-corrected chi connectivity index (χ2v) is 6.62. The summed E-state index contributed by atoms with van der Waals surface area (Å²) in [5, 5.41) is 0. The molecule has 2 aliphatic rings. The van der Waals surface area contributed by atoms with Crippen LogP contribution in [0.5, 0.6) is 5.75 Å². The predicted molar refractivity (Wildman–Crippen MR) is 93.4 cm³/mol. The zero-order valence-corrected chi connectivity index (χ0v) is 14.8. The number of benzene rings is 1. The molecule has 25 heavy (non-hydrogen) atoms. The summed E-state index contributed by atoms with van der Waals surface area (Å²) < 4.78 is 10.5. The van der Waals surface area contributed by atoms with Gasteiger partial charge in [0.1, 0.15) is 5.75 Å². The highest BCUT2D eigenvalue weighted by Gasteiger charge is 2.30. The van der Waals surface area contributed by atoms with Gasteiger partial charge in [0, 0.05) is 32.1 Å². The van der Waals surface area contributed by atoms with E-state index >= 15 is 0 Å². The summed E-state index contributed by atoms with van der Waals surface area (Å²) in [6.07, 6.45) is 1.87. The number of amides is 2. The molecular weight excluding hydrogens is 320 g/mol. The van der Waals surface area contributed by atoms with Crippen LogP contribution in [0.2, 0.25) is 0 Å². The Kier molecular flexibility index (Phi) is 5.91. The molecule has 0 aliphatic carbocycles. The molecule has 2 amide bonds. The average Bonchev–Trinajstić information content (AvgIpc) is 2.68. The van der Waals surface area contributed by atoms with Crippen LogP contribution in [0, 0.1) is 5.92 Å². The van der Waals surface area contributed by atoms with Gasteiger partial charge in [-0.2, -0.15) is 0 Å². The minimum absolute atomic E-state index is 0.0407. The first-order valence-electron chi connectivity index (χ1n) is 8.94. The van der Waals surface area contributed by atoms with Gasteiger partial charge in [-0.15, -0.1) is 0 Å². The number of ether oxygens (including phenoxy) is 2. The number of hydrogen-bond donors (Lipinski definition) is 0. The lowest BCUT2D eigenvalue weighted by atomic mass is 9.94. The molecule has 1 aromatic carbocycles. The number of carbonyl (C=O) groups excluding carboxylic acids is 2. The summed E-state index contributed by atoms with van der Waals surface area (Å²) in [7, 11) is 1.62. The highest BCUT2D eigenvalue weighted by atomic mass is 16.5. The van der Waals surface area contributed by atoms with Gasteiger partial charge in [0.05, 0.1) is 26.7 Å². The van der Waals surface area contributed by atoms with Crippen molar-refractivity contribution in [3.8, 4) is 5.75 Å². The van der Waals surface area contributed by atoms with E-state index in [1.165, 1.54) is 0 Å². The molecule has 0 unspecified atom stereocenters. The zero-order valence-electron chi connectivity index (χ0n) is 14.8. The minimum Gasteiger partial charge on any atom is -0.497 e. The lowest BCUT2D eigenvalue weighted by Gasteiger charge is -2.35. The second-order valence-electron chi connectivity index (χ2n) is 6.62. The van der Waals surface area contributed by atoms with Gasteiger partial charge in [0.25, 0.3) is 0 Å². The molecule has 136 valence electrons. The third-order valence-corrected chi connectivity index (χ3v) is 5.01. The Hall–Kier alpha value is -2.08. The van der Waals surface area contributed by atoms with E-state index in [9.17, 15) is 9.59 Å². The maximum Gasteiger partial charge on any atom is 0.226 e. The summed E-state index contributed by atoms with van der Waals surface area (Å²) in [5.41, 5.74) is 0.955. The molecule has 2 heterocycles. The Bertz CT molecular complexity index is 605. The van der Waals surface area contributed by atoms with E-state index in [-0.39, 0.29) is 17.7 Å². The molecule has 0 atom stereocenters. The van der Waals surface area contributed by atoms with Crippen LogP contribution in [0.15, 0.2) is 24.3 Å². The monoisotopic (exact) mass is 346 g/mol. The largest absolute Gasteiger partial charge is 0.497 e. The molecule has 0 aromatic heterocycles. The summed E-state index contributed by atoms with van der Waals surface area (Å²) in [6.45, 7) is 3.95. The van der Waals surface area contributed by atoms with Crippen molar-refractivity contribution in [3.63, 3.8) is 0 Å². The average molecular weight is 346 g/mol. The van der Waals surface area contributed by atoms with Gasteiger partial charge >= 0.3 is 0 Å². The summed E-state index contributed by atoms with van der Waals surface area (Å²) >= 11 is 0. The van der Waals surface area contributed by atoms with Crippen LogP contribution in [0.3, 0.4) is 0 Å². The van der Waals surface area contributed by atoms with Crippen LogP contribution >= 0.6 is 0 Å². The van der Waals surface area contributed by atoms with Crippen LogP contribution in [0.1, 0.15) is 18.4 Å². The first-order valence-corrected chi connectivity index (χ1v) is 8.94. The van der Waals surface area contributed by atoms with E-state index in [2.05, 4.69) is 0 Å². The Labute approximate surface area is 148 Å². The molecule has 6 heteroatoms. The molecule has 0 radical (unpaired) electrons. The fourth-order valence-electron chi connectivity index (χ4n) is 3.49. The lowest BCUT2D eigenvalue weighted by Crippen LogP contribution is -2.47. The smallest absolute Gasteiger partial charge is 0.226 e. The lowest BCUT2D eigenvalue weighted by molar-refractivity contribution is -0.143. The van der Waals surface area contributed by atoms with Crippen molar-refractivity contribution in [2.24, 2.45) is 5.92 Å². The maximum atomic E-state index is 12.5. The molecule has 6 nitrogen and oxygen atoms in total. The number of piperidine rings is 1. The maximum absolute atomic E-state index is 12.5. The van der Waals surface area contributed by atoms with Gasteiger partial charge in [-0.25, -0.2) is 0 Å². The number of rotatable bonds is 4. The Morgan fingerprint density at radius 1 is 1.12 bits per heavy atom. The molecule has 2 saturated heterocycles. The third-order valence-electron chi connectivity index (χ3n) is 5.01. The molecule has 2 aliphatic heterocycles. The highest BCUT2D eigenvalue weighted by molar-refractivity contribution is 5.81. The zero-order chi connectivity index (χ0) is 17.6. The van der Waals surface area contributed by atoms with Crippen molar-refractivity contribution in [2.75, 3.05) is 46.5 Å².